The standard InChI is InChI=1S/C15H11Cl4NO2/c16-10-3-1-9(2-4-10)5-6-20-15(21)22-14-8-12(18)11(17)7-13(14)19/h1-4,7-8H,5-6H2,(H,20,21). The van der Waals surface area contributed by atoms with Gasteiger partial charge in [-0.25, -0.2) is 4.79 Å². The first-order valence-electron chi connectivity index (χ1n) is 6.30. The van der Waals surface area contributed by atoms with Gasteiger partial charge in [-0.3, -0.25) is 0 Å². The molecule has 1 N–H and O–H groups in total. The van der Waals surface area contributed by atoms with Gasteiger partial charge in [0.05, 0.1) is 15.1 Å². The number of nitrogens with one attached hydrogen (secondary N) is 1. The Morgan fingerprint density at radius 3 is 2.27 bits per heavy atom. The van der Waals surface area contributed by atoms with Crippen molar-refractivity contribution in [1.29, 1.82) is 0 Å². The molecule has 0 atom stereocenters. The average molecular weight is 379 g/mol. The Labute approximate surface area is 148 Å². The molecule has 7 heteroatoms. The van der Waals surface area contributed by atoms with Crippen molar-refractivity contribution in [2.24, 2.45) is 0 Å². The monoisotopic (exact) mass is 377 g/mol. The van der Waals surface area contributed by atoms with Gasteiger partial charge in [-0.15, -0.1) is 0 Å². The van der Waals surface area contributed by atoms with E-state index in [0.29, 0.717) is 23.0 Å². The van der Waals surface area contributed by atoms with E-state index in [0.717, 1.165) is 5.56 Å². The van der Waals surface area contributed by atoms with Gasteiger partial charge in [-0.2, -0.15) is 0 Å². The van der Waals surface area contributed by atoms with Crippen LogP contribution in [0.1, 0.15) is 5.56 Å². The lowest BCUT2D eigenvalue weighted by Crippen LogP contribution is -2.28. The molecular weight excluding hydrogens is 368 g/mol. The van der Waals surface area contributed by atoms with Crippen molar-refractivity contribution in [2.75, 3.05) is 6.54 Å². The number of benzene rings is 2. The second-order valence-corrected chi connectivity index (χ2v) is 6.05. The van der Waals surface area contributed by atoms with E-state index in [4.69, 9.17) is 51.1 Å². The van der Waals surface area contributed by atoms with Crippen LogP contribution < -0.4 is 10.1 Å². The third kappa shape index (κ3) is 4.96. The van der Waals surface area contributed by atoms with Gasteiger partial charge in [0.15, 0.2) is 5.75 Å². The highest BCUT2D eigenvalue weighted by Gasteiger charge is 2.11. The van der Waals surface area contributed by atoms with E-state index < -0.39 is 6.09 Å². The average Bonchev–Trinajstić information content (AvgIpc) is 2.47. The second kappa shape index (κ2) is 7.93. The van der Waals surface area contributed by atoms with E-state index in [1.807, 2.05) is 12.1 Å². The van der Waals surface area contributed by atoms with E-state index in [-0.39, 0.29) is 15.8 Å². The van der Waals surface area contributed by atoms with E-state index in [1.54, 1.807) is 12.1 Å². The topological polar surface area (TPSA) is 38.3 Å². The van der Waals surface area contributed by atoms with Crippen LogP contribution in [0.5, 0.6) is 5.75 Å². The molecule has 2 aromatic carbocycles. The van der Waals surface area contributed by atoms with Gasteiger partial charge in [-0.05, 0) is 30.2 Å². The zero-order valence-corrected chi connectivity index (χ0v) is 14.2. The molecule has 0 aliphatic carbocycles. The summed E-state index contributed by atoms with van der Waals surface area (Å²) < 4.78 is 5.09. The lowest BCUT2D eigenvalue weighted by molar-refractivity contribution is 0.200. The lowest BCUT2D eigenvalue weighted by Gasteiger charge is -2.09. The van der Waals surface area contributed by atoms with E-state index in [1.165, 1.54) is 12.1 Å². The third-order valence-corrected chi connectivity index (χ3v) is 4.04. The fourth-order valence-corrected chi connectivity index (χ4v) is 2.38. The first kappa shape index (κ1) is 17.2. The van der Waals surface area contributed by atoms with Crippen molar-refractivity contribution in [3.63, 3.8) is 0 Å². The van der Waals surface area contributed by atoms with Crippen LogP contribution in [0, 0.1) is 0 Å². The van der Waals surface area contributed by atoms with Crippen molar-refractivity contribution in [3.05, 3.63) is 62.1 Å². The van der Waals surface area contributed by atoms with Crippen LogP contribution in [-0.4, -0.2) is 12.6 Å². The number of rotatable bonds is 4. The zero-order chi connectivity index (χ0) is 16.1. The number of carbonyl (C=O) groups is 1. The number of ether oxygens (including phenoxy) is 1. The fourth-order valence-electron chi connectivity index (χ4n) is 1.68. The highest BCUT2D eigenvalue weighted by atomic mass is 35.5. The zero-order valence-electron chi connectivity index (χ0n) is 11.2. The molecule has 3 nitrogen and oxygen atoms in total. The van der Waals surface area contributed by atoms with Gasteiger partial charge in [0, 0.05) is 17.6 Å². The van der Waals surface area contributed by atoms with Gasteiger partial charge in [0.25, 0.3) is 0 Å². The fraction of sp³-hybridized carbons (Fsp3) is 0.133. The number of hydrogen-bond donors (Lipinski definition) is 1. The molecule has 0 unspecified atom stereocenters. The predicted octanol–water partition coefficient (Wildman–Crippen LogP) is 5.63. The second-order valence-electron chi connectivity index (χ2n) is 4.39. The van der Waals surface area contributed by atoms with Crippen LogP contribution in [0.3, 0.4) is 0 Å². The molecule has 0 spiro atoms. The molecule has 1 amide bonds. The number of halogens is 4. The Bertz CT molecular complexity index is 674. The number of amides is 1. The molecule has 0 fully saturated rings. The van der Waals surface area contributed by atoms with Crippen molar-refractivity contribution in [3.8, 4) is 5.75 Å². The Kier molecular flexibility index (Phi) is 6.21. The molecule has 0 aliphatic rings. The summed E-state index contributed by atoms with van der Waals surface area (Å²) in [6.45, 7) is 0.416. The first-order valence-corrected chi connectivity index (χ1v) is 7.81. The Hall–Kier alpha value is -1.13. The normalized spacial score (nSPS) is 10.4. The van der Waals surface area contributed by atoms with Crippen LogP contribution in [-0.2, 0) is 6.42 Å². The molecule has 2 rings (SSSR count). The Morgan fingerprint density at radius 2 is 1.59 bits per heavy atom. The van der Waals surface area contributed by atoms with Crippen LogP contribution in [0.25, 0.3) is 0 Å². The molecule has 0 aromatic heterocycles. The van der Waals surface area contributed by atoms with Gasteiger partial charge < -0.3 is 10.1 Å². The molecule has 0 heterocycles. The van der Waals surface area contributed by atoms with Gasteiger partial charge in [-0.1, -0.05) is 58.5 Å². The SMILES string of the molecule is O=C(NCCc1ccc(Cl)cc1)Oc1cc(Cl)c(Cl)cc1Cl. The highest BCUT2D eigenvalue weighted by molar-refractivity contribution is 6.43. The van der Waals surface area contributed by atoms with Crippen LogP contribution >= 0.6 is 46.4 Å². The minimum absolute atomic E-state index is 0.153. The third-order valence-electron chi connectivity index (χ3n) is 2.77. The minimum atomic E-state index is -0.616. The number of hydrogen-bond acceptors (Lipinski definition) is 2. The molecule has 0 bridgehead atoms. The Balaban J connectivity index is 1.85. The van der Waals surface area contributed by atoms with Crippen molar-refractivity contribution in [1.82, 2.24) is 5.32 Å². The summed E-state index contributed by atoms with van der Waals surface area (Å²) >= 11 is 23.4. The molecule has 116 valence electrons. The van der Waals surface area contributed by atoms with Crippen molar-refractivity contribution in [2.45, 2.75) is 6.42 Å². The summed E-state index contributed by atoms with van der Waals surface area (Å²) in [7, 11) is 0. The van der Waals surface area contributed by atoms with E-state index in [9.17, 15) is 4.79 Å². The molecule has 22 heavy (non-hydrogen) atoms. The summed E-state index contributed by atoms with van der Waals surface area (Å²) in [6, 6.07) is 10.2. The largest absolute Gasteiger partial charge is 0.412 e. The van der Waals surface area contributed by atoms with Crippen molar-refractivity contribution >= 4 is 52.5 Å². The maximum absolute atomic E-state index is 11.7. The van der Waals surface area contributed by atoms with E-state index >= 15 is 0 Å². The molecule has 2 aromatic rings. The van der Waals surface area contributed by atoms with Crippen LogP contribution in [0.2, 0.25) is 20.1 Å². The van der Waals surface area contributed by atoms with Crippen LogP contribution in [0.15, 0.2) is 36.4 Å². The van der Waals surface area contributed by atoms with Gasteiger partial charge in [0.1, 0.15) is 0 Å². The molecule has 0 aliphatic heterocycles. The highest BCUT2D eigenvalue weighted by Crippen LogP contribution is 2.33. The quantitative estimate of drug-likeness (QED) is 0.700. The first-order chi connectivity index (χ1) is 10.5. The van der Waals surface area contributed by atoms with Crippen molar-refractivity contribution < 1.29 is 9.53 Å². The molecule has 0 saturated heterocycles. The summed E-state index contributed by atoms with van der Waals surface area (Å²) in [5, 5.41) is 4.06. The Morgan fingerprint density at radius 1 is 0.955 bits per heavy atom. The summed E-state index contributed by atoms with van der Waals surface area (Å²) in [6.07, 6.45) is 0.0377. The molecular formula is C15H11Cl4NO2. The summed E-state index contributed by atoms with van der Waals surface area (Å²) in [5.74, 6) is 0.153. The maximum atomic E-state index is 11.7. The molecule has 0 radical (unpaired) electrons. The molecule has 0 saturated carbocycles. The smallest absolute Gasteiger partial charge is 0.409 e. The predicted molar refractivity (Wildman–Crippen MR) is 90.7 cm³/mol. The summed E-state index contributed by atoms with van der Waals surface area (Å²) in [5.41, 5.74) is 1.05. The van der Waals surface area contributed by atoms with Crippen LogP contribution in [0.4, 0.5) is 4.79 Å². The van der Waals surface area contributed by atoms with Gasteiger partial charge >= 0.3 is 6.09 Å². The summed E-state index contributed by atoms with van der Waals surface area (Å²) in [4.78, 5) is 11.7. The van der Waals surface area contributed by atoms with E-state index in [2.05, 4.69) is 5.32 Å². The minimum Gasteiger partial charge on any atom is -0.409 e. The van der Waals surface area contributed by atoms with Gasteiger partial charge in [0.2, 0.25) is 0 Å². The lowest BCUT2D eigenvalue weighted by atomic mass is 10.1. The number of carbonyl (C=O) groups excluding carboxylic acids is 1. The maximum Gasteiger partial charge on any atom is 0.412 e.